The molecule has 0 fully saturated rings. The van der Waals surface area contributed by atoms with Crippen LogP contribution in [0, 0.1) is 0 Å². The second-order valence-corrected chi connectivity index (χ2v) is 5.36. The summed E-state index contributed by atoms with van der Waals surface area (Å²) in [5, 5.41) is 2.86. The van der Waals surface area contributed by atoms with Crippen LogP contribution in [-0.2, 0) is 14.3 Å². The van der Waals surface area contributed by atoms with Gasteiger partial charge < -0.3 is 10.1 Å². The largest absolute Gasteiger partial charge is 0.468 e. The summed E-state index contributed by atoms with van der Waals surface area (Å²) >= 11 is 7.17. The number of carbonyl (C=O) groups excluding carboxylic acids is 2. The van der Waals surface area contributed by atoms with Crippen LogP contribution in [0.15, 0.2) is 29.2 Å². The van der Waals surface area contributed by atoms with Crippen LogP contribution >= 0.6 is 23.4 Å². The number of amides is 1. The minimum Gasteiger partial charge on any atom is -0.468 e. The van der Waals surface area contributed by atoms with Crippen molar-refractivity contribution in [2.45, 2.75) is 17.1 Å². The standard InChI is InChI=1S/C12H14ClNO3S/c1-8(12(16)14-7-11(15)17-2)18-10-5-3-9(13)4-6-10/h3-6,8H,7H2,1-2H3,(H,14,16)/t8-/m0/s1. The summed E-state index contributed by atoms with van der Waals surface area (Å²) < 4.78 is 4.44. The summed E-state index contributed by atoms with van der Waals surface area (Å²) in [5.74, 6) is -0.674. The van der Waals surface area contributed by atoms with Gasteiger partial charge in [0.15, 0.2) is 0 Å². The molecule has 0 aliphatic carbocycles. The summed E-state index contributed by atoms with van der Waals surface area (Å²) in [4.78, 5) is 23.5. The Morgan fingerprint density at radius 3 is 2.56 bits per heavy atom. The van der Waals surface area contributed by atoms with Gasteiger partial charge in [0.2, 0.25) is 5.91 Å². The van der Waals surface area contributed by atoms with E-state index in [1.807, 2.05) is 12.1 Å². The van der Waals surface area contributed by atoms with Gasteiger partial charge in [-0.15, -0.1) is 11.8 Å². The topological polar surface area (TPSA) is 55.4 Å². The van der Waals surface area contributed by atoms with Crippen molar-refractivity contribution in [1.82, 2.24) is 5.32 Å². The van der Waals surface area contributed by atoms with E-state index in [1.54, 1.807) is 19.1 Å². The van der Waals surface area contributed by atoms with Crippen molar-refractivity contribution in [2.75, 3.05) is 13.7 Å². The smallest absolute Gasteiger partial charge is 0.325 e. The van der Waals surface area contributed by atoms with E-state index in [0.29, 0.717) is 5.02 Å². The molecule has 1 aromatic carbocycles. The zero-order valence-corrected chi connectivity index (χ0v) is 11.7. The van der Waals surface area contributed by atoms with Crippen molar-refractivity contribution >= 4 is 35.2 Å². The lowest BCUT2D eigenvalue weighted by atomic mass is 10.4. The van der Waals surface area contributed by atoms with E-state index in [4.69, 9.17) is 11.6 Å². The van der Waals surface area contributed by atoms with E-state index in [9.17, 15) is 9.59 Å². The van der Waals surface area contributed by atoms with Crippen LogP contribution in [0.25, 0.3) is 0 Å². The molecule has 0 bridgehead atoms. The van der Waals surface area contributed by atoms with Crippen molar-refractivity contribution in [3.8, 4) is 0 Å². The van der Waals surface area contributed by atoms with Crippen LogP contribution in [0.4, 0.5) is 0 Å². The fourth-order valence-corrected chi connectivity index (χ4v) is 2.16. The van der Waals surface area contributed by atoms with E-state index in [2.05, 4.69) is 10.1 Å². The quantitative estimate of drug-likeness (QED) is 0.666. The molecule has 0 heterocycles. The molecule has 0 saturated heterocycles. The van der Waals surface area contributed by atoms with Gasteiger partial charge in [-0.1, -0.05) is 11.6 Å². The highest BCUT2D eigenvalue weighted by molar-refractivity contribution is 8.00. The van der Waals surface area contributed by atoms with Crippen LogP contribution in [-0.4, -0.2) is 30.8 Å². The van der Waals surface area contributed by atoms with Gasteiger partial charge in [0.1, 0.15) is 6.54 Å². The third-order valence-corrected chi connectivity index (χ3v) is 3.49. The molecular formula is C12H14ClNO3S. The SMILES string of the molecule is COC(=O)CNC(=O)[C@H](C)Sc1ccc(Cl)cc1. The first-order valence-electron chi connectivity index (χ1n) is 5.29. The molecule has 1 atom stereocenters. The van der Waals surface area contributed by atoms with Gasteiger partial charge in [-0.05, 0) is 31.2 Å². The number of methoxy groups -OCH3 is 1. The van der Waals surface area contributed by atoms with Crippen molar-refractivity contribution < 1.29 is 14.3 Å². The summed E-state index contributed by atoms with van der Waals surface area (Å²) in [6.45, 7) is 1.66. The number of ether oxygens (including phenoxy) is 1. The molecule has 4 nitrogen and oxygen atoms in total. The Kier molecular flexibility index (Phi) is 6.01. The molecule has 98 valence electrons. The maximum absolute atomic E-state index is 11.7. The fourth-order valence-electron chi connectivity index (χ4n) is 1.15. The number of halogens is 1. The Labute approximate surface area is 115 Å². The lowest BCUT2D eigenvalue weighted by Gasteiger charge is -2.11. The molecule has 1 aromatic rings. The molecule has 0 aliphatic heterocycles. The van der Waals surface area contributed by atoms with Gasteiger partial charge in [0.25, 0.3) is 0 Å². The van der Waals surface area contributed by atoms with E-state index >= 15 is 0 Å². The Morgan fingerprint density at radius 2 is 2.00 bits per heavy atom. The van der Waals surface area contributed by atoms with Gasteiger partial charge in [-0.2, -0.15) is 0 Å². The first kappa shape index (κ1) is 14.9. The number of esters is 1. The number of rotatable bonds is 5. The molecule has 1 amide bonds. The van der Waals surface area contributed by atoms with Crippen LogP contribution in [0.5, 0.6) is 0 Å². The van der Waals surface area contributed by atoms with Gasteiger partial charge in [-0.25, -0.2) is 0 Å². The number of hydrogen-bond donors (Lipinski definition) is 1. The minimum absolute atomic E-state index is 0.110. The molecule has 0 radical (unpaired) electrons. The maximum Gasteiger partial charge on any atom is 0.325 e. The third kappa shape index (κ3) is 4.98. The van der Waals surface area contributed by atoms with E-state index in [-0.39, 0.29) is 17.7 Å². The van der Waals surface area contributed by atoms with Crippen molar-refractivity contribution in [3.05, 3.63) is 29.3 Å². The number of hydrogen-bond acceptors (Lipinski definition) is 4. The molecule has 6 heteroatoms. The second kappa shape index (κ2) is 7.28. The lowest BCUT2D eigenvalue weighted by molar-refractivity contribution is -0.141. The third-order valence-electron chi connectivity index (χ3n) is 2.13. The number of benzene rings is 1. The van der Waals surface area contributed by atoms with Gasteiger partial charge in [0, 0.05) is 9.92 Å². The van der Waals surface area contributed by atoms with E-state index in [1.165, 1.54) is 18.9 Å². The highest BCUT2D eigenvalue weighted by Gasteiger charge is 2.15. The molecule has 0 aliphatic rings. The Morgan fingerprint density at radius 1 is 1.39 bits per heavy atom. The van der Waals surface area contributed by atoms with Gasteiger partial charge in [0.05, 0.1) is 12.4 Å². The zero-order chi connectivity index (χ0) is 13.5. The van der Waals surface area contributed by atoms with Crippen molar-refractivity contribution in [2.24, 2.45) is 0 Å². The fraction of sp³-hybridized carbons (Fsp3) is 0.333. The second-order valence-electron chi connectivity index (χ2n) is 3.51. The van der Waals surface area contributed by atoms with E-state index in [0.717, 1.165) is 4.90 Å². The highest BCUT2D eigenvalue weighted by Crippen LogP contribution is 2.24. The molecule has 0 unspecified atom stereocenters. The predicted molar refractivity (Wildman–Crippen MR) is 71.8 cm³/mol. The molecule has 1 N–H and O–H groups in total. The maximum atomic E-state index is 11.7. The average Bonchev–Trinajstić information content (AvgIpc) is 2.38. The number of carbonyl (C=O) groups is 2. The van der Waals surface area contributed by atoms with Crippen molar-refractivity contribution in [3.63, 3.8) is 0 Å². The molecule has 18 heavy (non-hydrogen) atoms. The average molecular weight is 288 g/mol. The van der Waals surface area contributed by atoms with Crippen LogP contribution in [0.2, 0.25) is 5.02 Å². The van der Waals surface area contributed by atoms with Gasteiger partial charge >= 0.3 is 5.97 Å². The van der Waals surface area contributed by atoms with E-state index < -0.39 is 5.97 Å². The Balaban J connectivity index is 2.44. The molecule has 0 spiro atoms. The highest BCUT2D eigenvalue weighted by atomic mass is 35.5. The first-order valence-corrected chi connectivity index (χ1v) is 6.55. The summed E-state index contributed by atoms with van der Waals surface area (Å²) in [5.41, 5.74) is 0. The Hall–Kier alpha value is -1.20. The predicted octanol–water partition coefficient (Wildman–Crippen LogP) is 2.11. The minimum atomic E-state index is -0.466. The molecule has 0 aromatic heterocycles. The first-order chi connectivity index (χ1) is 8.52. The molecular weight excluding hydrogens is 274 g/mol. The zero-order valence-electron chi connectivity index (χ0n) is 10.1. The Bertz CT molecular complexity index is 422. The summed E-state index contributed by atoms with van der Waals surface area (Å²) in [6, 6.07) is 7.22. The number of thioether (sulfide) groups is 1. The normalized spacial score (nSPS) is 11.7. The van der Waals surface area contributed by atoms with Gasteiger partial charge in [-0.3, -0.25) is 9.59 Å². The molecule has 0 saturated carbocycles. The summed E-state index contributed by atoms with van der Waals surface area (Å²) in [6.07, 6.45) is 0. The van der Waals surface area contributed by atoms with Crippen LogP contribution in [0.1, 0.15) is 6.92 Å². The molecule has 1 rings (SSSR count). The lowest BCUT2D eigenvalue weighted by Crippen LogP contribution is -2.35. The van der Waals surface area contributed by atoms with Crippen LogP contribution < -0.4 is 5.32 Å². The summed E-state index contributed by atoms with van der Waals surface area (Å²) in [7, 11) is 1.28. The van der Waals surface area contributed by atoms with Crippen LogP contribution in [0.3, 0.4) is 0 Å². The number of nitrogens with one attached hydrogen (secondary N) is 1. The monoisotopic (exact) mass is 287 g/mol. The van der Waals surface area contributed by atoms with Crippen molar-refractivity contribution in [1.29, 1.82) is 0 Å².